The van der Waals surface area contributed by atoms with Crippen molar-refractivity contribution in [1.82, 2.24) is 15.3 Å². The van der Waals surface area contributed by atoms with E-state index in [4.69, 9.17) is 9.47 Å². The van der Waals surface area contributed by atoms with E-state index in [1.165, 1.54) is 0 Å². The number of amides is 1. The zero-order chi connectivity index (χ0) is 22.6. The number of ether oxygens (including phenoxy) is 2. The summed E-state index contributed by atoms with van der Waals surface area (Å²) >= 11 is 0. The number of benzene rings is 1. The van der Waals surface area contributed by atoms with Crippen LogP contribution in [0.15, 0.2) is 36.8 Å². The molecule has 0 radical (unpaired) electrons. The van der Waals surface area contributed by atoms with E-state index in [0.29, 0.717) is 26.1 Å². The first-order valence-electron chi connectivity index (χ1n) is 11.3. The van der Waals surface area contributed by atoms with Crippen LogP contribution in [0.5, 0.6) is 5.75 Å². The Morgan fingerprint density at radius 2 is 2.06 bits per heavy atom. The predicted octanol–water partition coefficient (Wildman–Crippen LogP) is 4.00. The van der Waals surface area contributed by atoms with Crippen LogP contribution in [0.4, 0.5) is 0 Å². The summed E-state index contributed by atoms with van der Waals surface area (Å²) in [7, 11) is 0. The number of carbonyl (C=O) groups excluding carboxylic acids is 1. The Hall–Kier alpha value is -2.91. The van der Waals surface area contributed by atoms with E-state index in [-0.39, 0.29) is 23.0 Å². The van der Waals surface area contributed by atoms with Crippen LogP contribution in [0.2, 0.25) is 0 Å². The average Bonchev–Trinajstić information content (AvgIpc) is 2.77. The Morgan fingerprint density at radius 3 is 2.78 bits per heavy atom. The molecule has 1 N–H and O–H groups in total. The number of hydrogen-bond acceptors (Lipinski definition) is 5. The molecular weight excluding hydrogens is 402 g/mol. The number of rotatable bonds is 4. The van der Waals surface area contributed by atoms with Crippen molar-refractivity contribution < 1.29 is 14.3 Å². The second kappa shape index (κ2) is 9.30. The zero-order valence-electron chi connectivity index (χ0n) is 19.1. The maximum Gasteiger partial charge on any atom is 0.220 e. The van der Waals surface area contributed by atoms with Gasteiger partial charge in [0, 0.05) is 60.8 Å². The SMILES string of the molecule is CC(C)(C)C#Cc1ccc2c(c1)C(NC(=O)CCc1cnccn1)CC1(CCOCC1)O2. The Balaban J connectivity index is 1.56. The van der Waals surface area contributed by atoms with Crippen LogP contribution in [-0.2, 0) is 16.0 Å². The van der Waals surface area contributed by atoms with Gasteiger partial charge in [0.2, 0.25) is 5.91 Å². The van der Waals surface area contributed by atoms with Crippen molar-refractivity contribution in [2.45, 2.75) is 64.5 Å². The number of nitrogens with one attached hydrogen (secondary N) is 1. The maximum atomic E-state index is 12.9. The van der Waals surface area contributed by atoms with Gasteiger partial charge < -0.3 is 14.8 Å². The fraction of sp³-hybridized carbons (Fsp3) is 0.500. The Labute approximate surface area is 190 Å². The van der Waals surface area contributed by atoms with Crippen LogP contribution < -0.4 is 10.1 Å². The topological polar surface area (TPSA) is 73.3 Å². The molecule has 1 saturated heterocycles. The highest BCUT2D eigenvalue weighted by Crippen LogP contribution is 2.44. The minimum absolute atomic E-state index is 0.00175. The molecule has 6 heteroatoms. The van der Waals surface area contributed by atoms with Crippen LogP contribution in [0.3, 0.4) is 0 Å². The standard InChI is InChI=1S/C26H31N3O3/c1-25(2,3)9-8-19-4-6-23-21(16-19)22(17-26(32-23)10-14-31-15-11-26)29-24(30)7-5-20-18-27-12-13-28-20/h4,6,12-13,16,18,22H,5,7,10-11,14-15,17H2,1-3H3,(H,29,30). The van der Waals surface area contributed by atoms with E-state index < -0.39 is 0 Å². The van der Waals surface area contributed by atoms with Gasteiger partial charge in [0.15, 0.2) is 0 Å². The molecule has 2 aliphatic heterocycles. The molecule has 1 amide bonds. The van der Waals surface area contributed by atoms with E-state index in [1.807, 2.05) is 12.1 Å². The lowest BCUT2D eigenvalue weighted by Crippen LogP contribution is -2.48. The second-order valence-electron chi connectivity index (χ2n) is 9.67. The lowest BCUT2D eigenvalue weighted by Gasteiger charge is -2.44. The summed E-state index contributed by atoms with van der Waals surface area (Å²) in [5.41, 5.74) is 2.37. The van der Waals surface area contributed by atoms with Gasteiger partial charge in [-0.25, -0.2) is 0 Å². The molecule has 2 aromatic rings. The number of aryl methyl sites for hydroxylation is 1. The highest BCUT2D eigenvalue weighted by molar-refractivity contribution is 5.77. The molecular formula is C26H31N3O3. The summed E-state index contributed by atoms with van der Waals surface area (Å²) in [5, 5.41) is 3.26. The van der Waals surface area contributed by atoms with Gasteiger partial charge in [0.1, 0.15) is 11.4 Å². The molecule has 0 bridgehead atoms. The molecule has 0 saturated carbocycles. The first-order chi connectivity index (χ1) is 15.3. The van der Waals surface area contributed by atoms with Crippen molar-refractivity contribution in [3.63, 3.8) is 0 Å². The molecule has 168 valence electrons. The number of hydrogen-bond donors (Lipinski definition) is 1. The Bertz CT molecular complexity index is 1010. The summed E-state index contributed by atoms with van der Waals surface area (Å²) in [5.74, 6) is 7.40. The number of carbonyl (C=O) groups is 1. The third kappa shape index (κ3) is 5.66. The first kappa shape index (κ1) is 22.3. The quantitative estimate of drug-likeness (QED) is 0.738. The summed E-state index contributed by atoms with van der Waals surface area (Å²) < 4.78 is 12.1. The van der Waals surface area contributed by atoms with Gasteiger partial charge in [-0.2, -0.15) is 0 Å². The van der Waals surface area contributed by atoms with Crippen molar-refractivity contribution in [1.29, 1.82) is 0 Å². The predicted molar refractivity (Wildman–Crippen MR) is 122 cm³/mol. The fourth-order valence-corrected chi connectivity index (χ4v) is 4.15. The first-order valence-corrected chi connectivity index (χ1v) is 11.3. The molecule has 0 aliphatic carbocycles. The van der Waals surface area contributed by atoms with Gasteiger partial charge in [0.25, 0.3) is 0 Å². The Morgan fingerprint density at radius 1 is 1.25 bits per heavy atom. The van der Waals surface area contributed by atoms with Crippen LogP contribution in [-0.4, -0.2) is 34.7 Å². The number of fused-ring (bicyclic) bond motifs is 1. The molecule has 32 heavy (non-hydrogen) atoms. The molecule has 2 aliphatic rings. The van der Waals surface area contributed by atoms with E-state index >= 15 is 0 Å². The van der Waals surface area contributed by atoms with Gasteiger partial charge in [-0.1, -0.05) is 11.8 Å². The lowest BCUT2D eigenvalue weighted by atomic mass is 9.81. The monoisotopic (exact) mass is 433 g/mol. The highest BCUT2D eigenvalue weighted by Gasteiger charge is 2.42. The molecule has 1 aromatic heterocycles. The number of nitrogens with zero attached hydrogens (tertiary/aromatic N) is 2. The van der Waals surface area contributed by atoms with Gasteiger partial charge in [-0.05, 0) is 45.4 Å². The molecule has 1 fully saturated rings. The summed E-state index contributed by atoms with van der Waals surface area (Å²) in [6.07, 6.45) is 8.29. The zero-order valence-corrected chi connectivity index (χ0v) is 19.1. The molecule has 4 rings (SSSR count). The van der Waals surface area contributed by atoms with Gasteiger partial charge >= 0.3 is 0 Å². The third-order valence-electron chi connectivity index (χ3n) is 5.83. The van der Waals surface area contributed by atoms with Crippen molar-refractivity contribution in [2.24, 2.45) is 5.41 Å². The van der Waals surface area contributed by atoms with Gasteiger partial charge in [0.05, 0.1) is 24.9 Å². The van der Waals surface area contributed by atoms with Crippen molar-refractivity contribution in [3.8, 4) is 17.6 Å². The highest BCUT2D eigenvalue weighted by atomic mass is 16.5. The van der Waals surface area contributed by atoms with E-state index in [9.17, 15) is 4.79 Å². The molecule has 1 unspecified atom stereocenters. The smallest absolute Gasteiger partial charge is 0.220 e. The van der Waals surface area contributed by atoms with E-state index in [0.717, 1.165) is 41.8 Å². The average molecular weight is 434 g/mol. The molecule has 3 heterocycles. The number of aromatic nitrogens is 2. The minimum Gasteiger partial charge on any atom is -0.487 e. The second-order valence-corrected chi connectivity index (χ2v) is 9.67. The van der Waals surface area contributed by atoms with Crippen LogP contribution in [0, 0.1) is 17.3 Å². The van der Waals surface area contributed by atoms with Crippen molar-refractivity contribution >= 4 is 5.91 Å². The maximum absolute atomic E-state index is 12.9. The van der Waals surface area contributed by atoms with E-state index in [2.05, 4.69) is 54.0 Å². The van der Waals surface area contributed by atoms with E-state index in [1.54, 1.807) is 18.6 Å². The fourth-order valence-electron chi connectivity index (χ4n) is 4.15. The van der Waals surface area contributed by atoms with Crippen LogP contribution in [0.25, 0.3) is 0 Å². The van der Waals surface area contributed by atoms with Gasteiger partial charge in [-0.3, -0.25) is 14.8 Å². The molecule has 6 nitrogen and oxygen atoms in total. The van der Waals surface area contributed by atoms with Crippen molar-refractivity contribution in [2.75, 3.05) is 13.2 Å². The summed E-state index contributed by atoms with van der Waals surface area (Å²) in [6.45, 7) is 7.64. The Kier molecular flexibility index (Phi) is 6.48. The van der Waals surface area contributed by atoms with Crippen LogP contribution in [0.1, 0.15) is 69.3 Å². The molecule has 1 aromatic carbocycles. The summed E-state index contributed by atoms with van der Waals surface area (Å²) in [6, 6.07) is 5.94. The summed E-state index contributed by atoms with van der Waals surface area (Å²) in [4.78, 5) is 21.2. The molecule has 1 atom stereocenters. The van der Waals surface area contributed by atoms with Crippen molar-refractivity contribution in [3.05, 3.63) is 53.6 Å². The normalized spacial score (nSPS) is 19.3. The third-order valence-corrected chi connectivity index (χ3v) is 5.83. The van der Waals surface area contributed by atoms with Gasteiger partial charge in [-0.15, -0.1) is 0 Å². The lowest BCUT2D eigenvalue weighted by molar-refractivity contribution is -0.123. The largest absolute Gasteiger partial charge is 0.487 e. The van der Waals surface area contributed by atoms with Crippen LogP contribution >= 0.6 is 0 Å². The minimum atomic E-state index is -0.299. The molecule has 1 spiro atoms.